The minimum atomic E-state index is 0.318. The highest BCUT2D eigenvalue weighted by Gasteiger charge is 2.20. The molecule has 2 aromatic rings. The van der Waals surface area contributed by atoms with Crippen LogP contribution in [-0.4, -0.2) is 16.6 Å². The third kappa shape index (κ3) is 3.15. The standard InChI is InChI=1S/C17H21N3O/c1-3-21-17-11-16(18-12(2)19-17)20-15-10-6-8-13-7-4-5-9-14(13)15/h4-5,7,9,11,15H,3,6,8,10H2,1-2H3,(H,18,19,20). The van der Waals surface area contributed by atoms with Crippen LogP contribution in [0.5, 0.6) is 5.88 Å². The molecule has 1 unspecified atom stereocenters. The molecule has 1 aliphatic rings. The highest BCUT2D eigenvalue weighted by Crippen LogP contribution is 2.32. The van der Waals surface area contributed by atoms with Crippen LogP contribution in [0, 0.1) is 6.92 Å². The molecule has 0 bridgehead atoms. The van der Waals surface area contributed by atoms with Gasteiger partial charge in [-0.2, -0.15) is 4.98 Å². The molecule has 0 fully saturated rings. The topological polar surface area (TPSA) is 47.0 Å². The Morgan fingerprint density at radius 3 is 3.00 bits per heavy atom. The van der Waals surface area contributed by atoms with E-state index < -0.39 is 0 Å². The van der Waals surface area contributed by atoms with E-state index >= 15 is 0 Å². The van der Waals surface area contributed by atoms with E-state index in [0.29, 0.717) is 18.5 Å². The van der Waals surface area contributed by atoms with E-state index in [1.165, 1.54) is 24.0 Å². The summed E-state index contributed by atoms with van der Waals surface area (Å²) < 4.78 is 5.49. The summed E-state index contributed by atoms with van der Waals surface area (Å²) in [4.78, 5) is 8.77. The lowest BCUT2D eigenvalue weighted by Crippen LogP contribution is -2.18. The summed E-state index contributed by atoms with van der Waals surface area (Å²) in [7, 11) is 0. The molecule has 1 aromatic carbocycles. The quantitative estimate of drug-likeness (QED) is 0.930. The van der Waals surface area contributed by atoms with Crippen molar-refractivity contribution < 1.29 is 4.74 Å². The SMILES string of the molecule is CCOc1cc(NC2CCCc3ccccc32)nc(C)n1. The molecule has 4 heteroatoms. The summed E-state index contributed by atoms with van der Waals surface area (Å²) >= 11 is 0. The Balaban J connectivity index is 1.84. The number of hydrogen-bond donors (Lipinski definition) is 1. The molecule has 1 aliphatic carbocycles. The van der Waals surface area contributed by atoms with Gasteiger partial charge in [0.05, 0.1) is 12.6 Å². The molecular formula is C17H21N3O. The fourth-order valence-corrected chi connectivity index (χ4v) is 2.92. The highest BCUT2D eigenvalue weighted by atomic mass is 16.5. The molecule has 21 heavy (non-hydrogen) atoms. The van der Waals surface area contributed by atoms with Gasteiger partial charge in [0.1, 0.15) is 11.6 Å². The lowest BCUT2D eigenvalue weighted by atomic mass is 9.88. The van der Waals surface area contributed by atoms with Crippen LogP contribution >= 0.6 is 0 Å². The van der Waals surface area contributed by atoms with Gasteiger partial charge in [-0.1, -0.05) is 24.3 Å². The first-order valence-corrected chi connectivity index (χ1v) is 7.59. The van der Waals surface area contributed by atoms with Crippen molar-refractivity contribution in [2.75, 3.05) is 11.9 Å². The van der Waals surface area contributed by atoms with Crippen LogP contribution < -0.4 is 10.1 Å². The molecule has 3 rings (SSSR count). The monoisotopic (exact) mass is 283 g/mol. The van der Waals surface area contributed by atoms with Crippen molar-refractivity contribution in [3.05, 3.63) is 47.3 Å². The lowest BCUT2D eigenvalue weighted by molar-refractivity contribution is 0.325. The minimum absolute atomic E-state index is 0.318. The summed E-state index contributed by atoms with van der Waals surface area (Å²) in [5, 5.41) is 3.55. The highest BCUT2D eigenvalue weighted by molar-refractivity contribution is 5.44. The second kappa shape index (κ2) is 6.12. The average Bonchev–Trinajstić information content (AvgIpc) is 2.47. The Morgan fingerprint density at radius 1 is 1.29 bits per heavy atom. The van der Waals surface area contributed by atoms with Crippen molar-refractivity contribution in [1.82, 2.24) is 9.97 Å². The van der Waals surface area contributed by atoms with Crippen molar-refractivity contribution in [1.29, 1.82) is 0 Å². The molecule has 1 aromatic heterocycles. The summed E-state index contributed by atoms with van der Waals surface area (Å²) in [5.41, 5.74) is 2.83. The molecule has 0 saturated heterocycles. The van der Waals surface area contributed by atoms with Crippen molar-refractivity contribution in [3.8, 4) is 5.88 Å². The molecule has 110 valence electrons. The molecule has 1 heterocycles. The van der Waals surface area contributed by atoms with E-state index in [1.807, 2.05) is 19.9 Å². The predicted octanol–water partition coefficient (Wildman–Crippen LogP) is 3.67. The van der Waals surface area contributed by atoms with Crippen molar-refractivity contribution in [2.45, 2.75) is 39.2 Å². The van der Waals surface area contributed by atoms with E-state index in [2.05, 4.69) is 39.6 Å². The fourth-order valence-electron chi connectivity index (χ4n) is 2.92. The maximum absolute atomic E-state index is 5.49. The zero-order valence-electron chi connectivity index (χ0n) is 12.6. The largest absolute Gasteiger partial charge is 0.478 e. The summed E-state index contributed by atoms with van der Waals surface area (Å²) in [6.45, 7) is 4.46. The van der Waals surface area contributed by atoms with Gasteiger partial charge in [0.2, 0.25) is 5.88 Å². The van der Waals surface area contributed by atoms with Gasteiger partial charge in [-0.15, -0.1) is 0 Å². The molecule has 0 radical (unpaired) electrons. The number of aromatic nitrogens is 2. The Kier molecular flexibility index (Phi) is 4.04. The van der Waals surface area contributed by atoms with Crippen LogP contribution in [0.1, 0.15) is 42.8 Å². The number of hydrogen-bond acceptors (Lipinski definition) is 4. The molecule has 4 nitrogen and oxygen atoms in total. The lowest BCUT2D eigenvalue weighted by Gasteiger charge is -2.26. The van der Waals surface area contributed by atoms with E-state index in [1.54, 1.807) is 0 Å². The maximum Gasteiger partial charge on any atom is 0.218 e. The second-order valence-corrected chi connectivity index (χ2v) is 5.36. The number of nitrogens with zero attached hydrogens (tertiary/aromatic N) is 2. The number of aryl methyl sites for hydroxylation is 2. The van der Waals surface area contributed by atoms with Crippen molar-refractivity contribution >= 4 is 5.82 Å². The van der Waals surface area contributed by atoms with Crippen LogP contribution in [0.4, 0.5) is 5.82 Å². The van der Waals surface area contributed by atoms with Crippen molar-refractivity contribution in [3.63, 3.8) is 0 Å². The van der Waals surface area contributed by atoms with Crippen molar-refractivity contribution in [2.24, 2.45) is 0 Å². The molecule has 1 atom stereocenters. The van der Waals surface area contributed by atoms with Crippen LogP contribution in [0.2, 0.25) is 0 Å². The number of ether oxygens (including phenoxy) is 1. The normalized spacial score (nSPS) is 17.1. The van der Waals surface area contributed by atoms with Crippen LogP contribution in [0.25, 0.3) is 0 Å². The zero-order valence-corrected chi connectivity index (χ0v) is 12.6. The van der Waals surface area contributed by atoms with Gasteiger partial charge in [0.25, 0.3) is 0 Å². The Bertz CT molecular complexity index is 627. The van der Waals surface area contributed by atoms with Gasteiger partial charge in [0, 0.05) is 6.07 Å². The number of benzene rings is 1. The Morgan fingerprint density at radius 2 is 2.14 bits per heavy atom. The van der Waals surface area contributed by atoms with Gasteiger partial charge in [-0.05, 0) is 44.2 Å². The summed E-state index contributed by atoms with van der Waals surface area (Å²) in [6, 6.07) is 10.9. The number of rotatable bonds is 4. The third-order valence-electron chi connectivity index (χ3n) is 3.80. The molecule has 1 N–H and O–H groups in total. The molecule has 0 aliphatic heterocycles. The van der Waals surface area contributed by atoms with Crippen LogP contribution in [-0.2, 0) is 6.42 Å². The number of fused-ring (bicyclic) bond motifs is 1. The Hall–Kier alpha value is -2.10. The van der Waals surface area contributed by atoms with Crippen LogP contribution in [0.15, 0.2) is 30.3 Å². The summed E-state index contributed by atoms with van der Waals surface area (Å²) in [5.74, 6) is 2.21. The first-order valence-electron chi connectivity index (χ1n) is 7.59. The minimum Gasteiger partial charge on any atom is -0.478 e. The van der Waals surface area contributed by atoms with Gasteiger partial charge >= 0.3 is 0 Å². The fraction of sp³-hybridized carbons (Fsp3) is 0.412. The van der Waals surface area contributed by atoms with E-state index in [4.69, 9.17) is 4.74 Å². The Labute approximate surface area is 125 Å². The van der Waals surface area contributed by atoms with Gasteiger partial charge in [0.15, 0.2) is 0 Å². The predicted molar refractivity (Wildman–Crippen MR) is 83.7 cm³/mol. The average molecular weight is 283 g/mol. The maximum atomic E-state index is 5.49. The van der Waals surface area contributed by atoms with E-state index in [9.17, 15) is 0 Å². The zero-order chi connectivity index (χ0) is 14.7. The smallest absolute Gasteiger partial charge is 0.218 e. The van der Waals surface area contributed by atoms with Crippen LogP contribution in [0.3, 0.4) is 0 Å². The van der Waals surface area contributed by atoms with Gasteiger partial charge in [-0.25, -0.2) is 4.98 Å². The van der Waals surface area contributed by atoms with Gasteiger partial charge < -0.3 is 10.1 Å². The first kappa shape index (κ1) is 13.9. The number of anilines is 1. The van der Waals surface area contributed by atoms with E-state index in [0.717, 1.165) is 18.1 Å². The summed E-state index contributed by atoms with van der Waals surface area (Å²) in [6.07, 6.45) is 3.50. The molecular weight excluding hydrogens is 262 g/mol. The van der Waals surface area contributed by atoms with Gasteiger partial charge in [-0.3, -0.25) is 0 Å². The second-order valence-electron chi connectivity index (χ2n) is 5.36. The number of nitrogens with one attached hydrogen (secondary N) is 1. The van der Waals surface area contributed by atoms with E-state index in [-0.39, 0.29) is 0 Å². The molecule has 0 amide bonds. The first-order chi connectivity index (χ1) is 10.3. The molecule has 0 spiro atoms. The third-order valence-corrected chi connectivity index (χ3v) is 3.80. The molecule has 0 saturated carbocycles.